The molecule has 10 heteroatoms. The van der Waals surface area contributed by atoms with Crippen LogP contribution in [0.2, 0.25) is 10.0 Å². The van der Waals surface area contributed by atoms with Crippen molar-refractivity contribution in [1.29, 1.82) is 0 Å². The number of aromatic nitrogens is 4. The summed E-state index contributed by atoms with van der Waals surface area (Å²) < 4.78 is 2.15. The van der Waals surface area contributed by atoms with Gasteiger partial charge in [-0.1, -0.05) is 108 Å². The molecule has 2 aromatic heterocycles. The Kier molecular flexibility index (Phi) is 6.73. The molecule has 5 N–H and O–H groups in total. The van der Waals surface area contributed by atoms with E-state index in [0.717, 1.165) is 20.3 Å². The first-order valence-electron chi connectivity index (χ1n) is 12.7. The minimum Gasteiger partial charge on any atom is -0.368 e. The molecule has 204 valence electrons. The van der Waals surface area contributed by atoms with Gasteiger partial charge in [-0.15, -0.1) is 5.10 Å². The maximum Gasteiger partial charge on any atom is 0.369 e. The van der Waals surface area contributed by atoms with Gasteiger partial charge in [0.15, 0.2) is 17.0 Å². The molecule has 0 aliphatic rings. The van der Waals surface area contributed by atoms with Crippen molar-refractivity contribution >= 4 is 28.8 Å². The zero-order chi connectivity index (χ0) is 28.8. The summed E-state index contributed by atoms with van der Waals surface area (Å²) in [6.45, 7) is 0. The van der Waals surface area contributed by atoms with E-state index in [1.165, 1.54) is 0 Å². The molecular formula is C31H24Cl2N6O2. The Hall–Kier alpha value is -4.31. The lowest BCUT2D eigenvalue weighted by atomic mass is 9.84. The predicted molar refractivity (Wildman–Crippen MR) is 160 cm³/mol. The second-order valence-corrected chi connectivity index (χ2v) is 10.5. The van der Waals surface area contributed by atoms with E-state index in [0.29, 0.717) is 32.3 Å². The van der Waals surface area contributed by atoms with Crippen LogP contribution < -0.4 is 17.2 Å². The van der Waals surface area contributed by atoms with E-state index in [1.807, 2.05) is 24.3 Å². The van der Waals surface area contributed by atoms with Gasteiger partial charge in [0.2, 0.25) is 0 Å². The lowest BCUT2D eigenvalue weighted by Crippen LogP contribution is -2.67. The summed E-state index contributed by atoms with van der Waals surface area (Å²) in [6.07, 6.45) is 1.58. The molecule has 0 radical (unpaired) electrons. The minimum atomic E-state index is -2.27. The number of fused-ring (bicyclic) bond motifs is 1. The van der Waals surface area contributed by atoms with Crippen molar-refractivity contribution < 1.29 is 5.11 Å². The van der Waals surface area contributed by atoms with Gasteiger partial charge in [0.25, 0.3) is 0 Å². The predicted octanol–water partition coefficient (Wildman–Crippen LogP) is 5.00. The van der Waals surface area contributed by atoms with Gasteiger partial charge in [-0.25, -0.2) is 4.79 Å². The van der Waals surface area contributed by atoms with Gasteiger partial charge in [-0.3, -0.25) is 11.5 Å². The number of nitrogens with zero attached hydrogens (tertiary/aromatic N) is 4. The number of rotatable bonds is 6. The highest BCUT2D eigenvalue weighted by atomic mass is 35.5. The molecule has 0 amide bonds. The van der Waals surface area contributed by atoms with Crippen LogP contribution in [0, 0.1) is 0 Å². The second kappa shape index (κ2) is 10.3. The van der Waals surface area contributed by atoms with Crippen molar-refractivity contribution in [3.63, 3.8) is 0 Å². The van der Waals surface area contributed by atoms with E-state index in [2.05, 4.69) is 5.10 Å². The fourth-order valence-electron chi connectivity index (χ4n) is 5.01. The molecule has 0 aliphatic carbocycles. The third kappa shape index (κ3) is 4.42. The molecule has 2 unspecified atom stereocenters. The number of aliphatic hydroxyl groups is 1. The molecule has 8 nitrogen and oxygen atoms in total. The van der Waals surface area contributed by atoms with Crippen LogP contribution in [0.4, 0.5) is 0 Å². The van der Waals surface area contributed by atoms with Crippen LogP contribution in [0.25, 0.3) is 27.9 Å². The number of hydrogen-bond donors (Lipinski definition) is 3. The number of halogens is 2. The molecule has 0 saturated carbocycles. The average Bonchev–Trinajstić information content (AvgIpc) is 3.34. The normalized spacial score (nSPS) is 14.5. The lowest BCUT2D eigenvalue weighted by Gasteiger charge is -2.41. The highest BCUT2D eigenvalue weighted by Crippen LogP contribution is 2.38. The molecular weight excluding hydrogens is 559 g/mol. The fourth-order valence-corrected chi connectivity index (χ4v) is 5.26. The van der Waals surface area contributed by atoms with E-state index in [-0.39, 0.29) is 5.65 Å². The van der Waals surface area contributed by atoms with E-state index >= 15 is 0 Å². The number of nitrogens with two attached hydrogens (primary N) is 2. The Morgan fingerprint density at radius 2 is 1.22 bits per heavy atom. The zero-order valence-electron chi connectivity index (χ0n) is 21.5. The summed E-state index contributed by atoms with van der Waals surface area (Å²) in [4.78, 5) is 14.1. The van der Waals surface area contributed by atoms with Crippen molar-refractivity contribution in [3.05, 3.63) is 147 Å². The van der Waals surface area contributed by atoms with Gasteiger partial charge in [0, 0.05) is 26.7 Å². The highest BCUT2D eigenvalue weighted by molar-refractivity contribution is 6.31. The van der Waals surface area contributed by atoms with Crippen LogP contribution in [0.15, 0.2) is 120 Å². The topological polar surface area (TPSA) is 124 Å². The highest BCUT2D eigenvalue weighted by Gasteiger charge is 2.52. The zero-order valence-corrected chi connectivity index (χ0v) is 23.0. The van der Waals surface area contributed by atoms with E-state index < -0.39 is 17.1 Å². The summed E-state index contributed by atoms with van der Waals surface area (Å²) >= 11 is 12.4. The Bertz CT molecular complexity index is 1910. The maximum atomic E-state index is 14.1. The summed E-state index contributed by atoms with van der Waals surface area (Å²) in [5, 5.41) is 22.2. The molecule has 0 saturated heterocycles. The monoisotopic (exact) mass is 582 g/mol. The smallest absolute Gasteiger partial charge is 0.368 e. The standard InChI is InChI=1S/C31H24Cl2N6O2/c32-24-15-11-20(12-16-24)26-19-36-38-28(27(26)21-13-17-25(33)18-14-21)37-39(29(38)40)30(34,22-7-3-1-4-8-22)31(35,41)23-9-5-2-6-10-23/h1-19,41H,34-35H2. The summed E-state index contributed by atoms with van der Waals surface area (Å²) in [6, 6.07) is 31.6. The van der Waals surface area contributed by atoms with Gasteiger partial charge >= 0.3 is 5.69 Å². The summed E-state index contributed by atoms with van der Waals surface area (Å²) in [7, 11) is 0. The van der Waals surface area contributed by atoms with E-state index in [9.17, 15) is 9.90 Å². The van der Waals surface area contributed by atoms with Crippen molar-refractivity contribution in [1.82, 2.24) is 19.4 Å². The molecule has 0 aliphatic heterocycles. The van der Waals surface area contributed by atoms with Gasteiger partial charge in [-0.05, 0) is 41.0 Å². The number of benzene rings is 4. The third-order valence-electron chi connectivity index (χ3n) is 7.18. The van der Waals surface area contributed by atoms with Crippen molar-refractivity contribution in [3.8, 4) is 22.3 Å². The molecule has 4 aromatic carbocycles. The van der Waals surface area contributed by atoms with Gasteiger partial charge in [0.05, 0.1) is 6.20 Å². The minimum absolute atomic E-state index is 0.208. The van der Waals surface area contributed by atoms with Crippen molar-refractivity contribution in [2.75, 3.05) is 0 Å². The average molecular weight is 583 g/mol. The lowest BCUT2D eigenvalue weighted by molar-refractivity contribution is -0.0618. The first kappa shape index (κ1) is 26.9. The SMILES string of the molecule is NC(O)(c1ccccc1)C(N)(c1ccccc1)n1nc2c(-c3ccc(Cl)cc3)c(-c3ccc(Cl)cc3)cnn2c1=O. The number of hydrogen-bond acceptors (Lipinski definition) is 6. The Balaban J connectivity index is 1.69. The summed E-state index contributed by atoms with van der Waals surface area (Å²) in [5.74, 6) is 0. The van der Waals surface area contributed by atoms with E-state index in [4.69, 9.17) is 39.8 Å². The molecule has 0 fully saturated rings. The Morgan fingerprint density at radius 3 is 1.78 bits per heavy atom. The molecule has 2 heterocycles. The maximum absolute atomic E-state index is 14.1. The van der Waals surface area contributed by atoms with Gasteiger partial charge < -0.3 is 5.11 Å². The molecule has 6 aromatic rings. The largest absolute Gasteiger partial charge is 0.369 e. The third-order valence-corrected chi connectivity index (χ3v) is 7.69. The Morgan fingerprint density at radius 1 is 0.707 bits per heavy atom. The molecule has 2 atom stereocenters. The van der Waals surface area contributed by atoms with Crippen LogP contribution in [-0.2, 0) is 11.4 Å². The van der Waals surface area contributed by atoms with Crippen molar-refractivity contribution in [2.24, 2.45) is 11.5 Å². The fraction of sp³-hybridized carbons (Fsp3) is 0.0645. The van der Waals surface area contributed by atoms with Gasteiger partial charge in [0.1, 0.15) is 0 Å². The first-order valence-corrected chi connectivity index (χ1v) is 13.4. The quantitative estimate of drug-likeness (QED) is 0.237. The van der Waals surface area contributed by atoms with E-state index in [1.54, 1.807) is 91.1 Å². The summed E-state index contributed by atoms with van der Waals surface area (Å²) in [5.41, 5.74) is 12.4. The van der Waals surface area contributed by atoms with Crippen LogP contribution in [0.5, 0.6) is 0 Å². The first-order chi connectivity index (χ1) is 19.7. The van der Waals surface area contributed by atoms with Crippen LogP contribution in [0.3, 0.4) is 0 Å². The van der Waals surface area contributed by atoms with Gasteiger partial charge in [-0.2, -0.15) is 14.3 Å². The van der Waals surface area contributed by atoms with Crippen LogP contribution in [0.1, 0.15) is 11.1 Å². The van der Waals surface area contributed by atoms with Crippen LogP contribution in [-0.4, -0.2) is 24.5 Å². The Labute approximate surface area is 245 Å². The molecule has 6 rings (SSSR count). The molecule has 41 heavy (non-hydrogen) atoms. The van der Waals surface area contributed by atoms with Crippen LogP contribution >= 0.6 is 23.2 Å². The molecule has 0 spiro atoms. The van der Waals surface area contributed by atoms with Crippen molar-refractivity contribution in [2.45, 2.75) is 11.4 Å². The molecule has 0 bridgehead atoms. The second-order valence-electron chi connectivity index (χ2n) is 9.64.